The maximum atomic E-state index is 10.5. The maximum absolute atomic E-state index is 10.5. The fourth-order valence-corrected chi connectivity index (χ4v) is 1.95. The summed E-state index contributed by atoms with van der Waals surface area (Å²) in [6.45, 7) is 1.91. The van der Waals surface area contributed by atoms with Crippen LogP contribution in [0.25, 0.3) is 0 Å². The molecule has 0 aliphatic carbocycles. The molecule has 0 spiro atoms. The van der Waals surface area contributed by atoms with E-state index in [1.807, 2.05) is 0 Å². The number of rotatable bonds is 4. The topological polar surface area (TPSA) is 84.6 Å². The van der Waals surface area contributed by atoms with Crippen LogP contribution in [0.5, 0.6) is 0 Å². The van der Waals surface area contributed by atoms with Gasteiger partial charge in [0.15, 0.2) is 0 Å². The van der Waals surface area contributed by atoms with Crippen molar-refractivity contribution in [3.05, 3.63) is 0 Å². The summed E-state index contributed by atoms with van der Waals surface area (Å²) in [5.41, 5.74) is 5.51. The minimum absolute atomic E-state index is 0.144. The summed E-state index contributed by atoms with van der Waals surface area (Å²) in [7, 11) is 0. The van der Waals surface area contributed by atoms with E-state index in [0.29, 0.717) is 12.5 Å². The number of hydrogen-bond acceptors (Lipinski definition) is 3. The van der Waals surface area contributed by atoms with Crippen LogP contribution in [0.1, 0.15) is 25.7 Å². The molecule has 1 heterocycles. The molecule has 1 saturated heterocycles. The van der Waals surface area contributed by atoms with Gasteiger partial charge >= 0.3 is 6.09 Å². The second-order valence-corrected chi connectivity index (χ2v) is 4.05. The van der Waals surface area contributed by atoms with E-state index in [9.17, 15) is 4.79 Å². The first-order chi connectivity index (χ1) is 7.22. The van der Waals surface area contributed by atoms with E-state index in [1.165, 1.54) is 0 Å². The molecule has 4 N–H and O–H groups in total. The molecule has 1 aliphatic rings. The Morgan fingerprint density at radius 3 is 3.07 bits per heavy atom. The van der Waals surface area contributed by atoms with E-state index in [2.05, 4.69) is 5.32 Å². The lowest BCUT2D eigenvalue weighted by Crippen LogP contribution is -2.41. The smallest absolute Gasteiger partial charge is 0.404 e. The van der Waals surface area contributed by atoms with Crippen LogP contribution in [0.15, 0.2) is 0 Å². The lowest BCUT2D eigenvalue weighted by molar-refractivity contribution is 0.108. The number of carbonyl (C=O) groups is 1. The third-order valence-electron chi connectivity index (χ3n) is 2.73. The van der Waals surface area contributed by atoms with Gasteiger partial charge in [-0.1, -0.05) is 6.42 Å². The van der Waals surface area contributed by atoms with Crippen molar-refractivity contribution >= 4 is 6.09 Å². The molecular weight excluding hydrogens is 196 g/mol. The predicted molar refractivity (Wildman–Crippen MR) is 56.8 cm³/mol. The fourth-order valence-electron chi connectivity index (χ4n) is 1.95. The molecule has 1 amide bonds. The Bertz CT molecular complexity index is 191. The Balaban J connectivity index is 2.31. The fraction of sp³-hybridized carbons (Fsp3) is 0.900. The molecule has 0 saturated carbocycles. The van der Waals surface area contributed by atoms with E-state index in [1.54, 1.807) is 0 Å². The van der Waals surface area contributed by atoms with Gasteiger partial charge in [-0.3, -0.25) is 0 Å². The normalized spacial score (nSPS) is 24.2. The van der Waals surface area contributed by atoms with E-state index in [-0.39, 0.29) is 6.04 Å². The van der Waals surface area contributed by atoms with Crippen LogP contribution in [0, 0.1) is 5.92 Å². The first kappa shape index (κ1) is 12.3. The van der Waals surface area contributed by atoms with Crippen molar-refractivity contribution in [1.82, 2.24) is 5.32 Å². The highest BCUT2D eigenvalue weighted by Gasteiger charge is 2.18. The Kier molecular flexibility index (Phi) is 5.42. The molecule has 0 radical (unpaired) electrons. The molecule has 1 fully saturated rings. The van der Waals surface area contributed by atoms with Crippen molar-refractivity contribution in [3.8, 4) is 0 Å². The van der Waals surface area contributed by atoms with Crippen molar-refractivity contribution < 1.29 is 14.6 Å². The molecule has 0 aromatic heterocycles. The Morgan fingerprint density at radius 1 is 1.60 bits per heavy atom. The van der Waals surface area contributed by atoms with Gasteiger partial charge in [0.25, 0.3) is 0 Å². The summed E-state index contributed by atoms with van der Waals surface area (Å²) >= 11 is 0. The SMILES string of the molecule is NC[C@H](C[C@@H]1CCCCOC1)NC(=O)O. The summed E-state index contributed by atoms with van der Waals surface area (Å²) in [6, 6.07) is -0.144. The second-order valence-electron chi connectivity index (χ2n) is 4.05. The molecule has 15 heavy (non-hydrogen) atoms. The van der Waals surface area contributed by atoms with Gasteiger partial charge in [-0.15, -0.1) is 0 Å². The second kappa shape index (κ2) is 6.63. The summed E-state index contributed by atoms with van der Waals surface area (Å²) < 4.78 is 5.44. The molecular formula is C10H20N2O3. The van der Waals surface area contributed by atoms with Crippen LogP contribution in [0.3, 0.4) is 0 Å². The van der Waals surface area contributed by atoms with Crippen LogP contribution >= 0.6 is 0 Å². The zero-order valence-corrected chi connectivity index (χ0v) is 8.95. The van der Waals surface area contributed by atoms with Gasteiger partial charge in [0.2, 0.25) is 0 Å². The molecule has 88 valence electrons. The quantitative estimate of drug-likeness (QED) is 0.648. The molecule has 0 unspecified atom stereocenters. The molecule has 5 nitrogen and oxygen atoms in total. The molecule has 1 aliphatic heterocycles. The largest absolute Gasteiger partial charge is 0.465 e. The summed E-state index contributed by atoms with van der Waals surface area (Å²) in [4.78, 5) is 10.5. The van der Waals surface area contributed by atoms with Crippen molar-refractivity contribution in [2.24, 2.45) is 11.7 Å². The minimum Gasteiger partial charge on any atom is -0.465 e. The molecule has 2 atom stereocenters. The van der Waals surface area contributed by atoms with Crippen LogP contribution in [-0.2, 0) is 4.74 Å². The summed E-state index contributed by atoms with van der Waals surface area (Å²) in [6.07, 6.45) is 3.16. The Labute approximate surface area is 90.0 Å². The van der Waals surface area contributed by atoms with Gasteiger partial charge in [-0.05, 0) is 25.2 Å². The third-order valence-corrected chi connectivity index (χ3v) is 2.73. The molecule has 5 heteroatoms. The third kappa shape index (κ3) is 4.99. The predicted octanol–water partition coefficient (Wildman–Crippen LogP) is 0.788. The summed E-state index contributed by atoms with van der Waals surface area (Å²) in [5, 5.41) is 11.0. The molecule has 1 rings (SSSR count). The van der Waals surface area contributed by atoms with Crippen LogP contribution in [0.2, 0.25) is 0 Å². The van der Waals surface area contributed by atoms with Crippen LogP contribution < -0.4 is 11.1 Å². The van der Waals surface area contributed by atoms with E-state index in [0.717, 1.165) is 38.9 Å². The van der Waals surface area contributed by atoms with Crippen LogP contribution in [-0.4, -0.2) is 37.0 Å². The van der Waals surface area contributed by atoms with Gasteiger partial charge in [0.1, 0.15) is 0 Å². The average molecular weight is 216 g/mol. The maximum Gasteiger partial charge on any atom is 0.404 e. The minimum atomic E-state index is -1.00. The number of nitrogens with two attached hydrogens (primary N) is 1. The van der Waals surface area contributed by atoms with E-state index < -0.39 is 6.09 Å². The Hall–Kier alpha value is -0.810. The van der Waals surface area contributed by atoms with Crippen molar-refractivity contribution in [3.63, 3.8) is 0 Å². The lowest BCUT2D eigenvalue weighted by Gasteiger charge is -2.20. The van der Waals surface area contributed by atoms with Crippen molar-refractivity contribution in [2.45, 2.75) is 31.7 Å². The molecule has 0 aromatic carbocycles. The number of nitrogens with one attached hydrogen (secondary N) is 1. The van der Waals surface area contributed by atoms with Gasteiger partial charge in [-0.2, -0.15) is 0 Å². The van der Waals surface area contributed by atoms with E-state index in [4.69, 9.17) is 15.6 Å². The van der Waals surface area contributed by atoms with Gasteiger partial charge < -0.3 is 20.9 Å². The number of ether oxygens (including phenoxy) is 1. The monoisotopic (exact) mass is 216 g/mol. The first-order valence-corrected chi connectivity index (χ1v) is 5.49. The summed E-state index contributed by atoms with van der Waals surface area (Å²) in [5.74, 6) is 0.438. The highest BCUT2D eigenvalue weighted by atomic mass is 16.5. The van der Waals surface area contributed by atoms with E-state index >= 15 is 0 Å². The van der Waals surface area contributed by atoms with Crippen molar-refractivity contribution in [2.75, 3.05) is 19.8 Å². The molecule has 0 bridgehead atoms. The zero-order valence-electron chi connectivity index (χ0n) is 8.95. The number of carboxylic acid groups (broad SMARTS) is 1. The highest BCUT2D eigenvalue weighted by Crippen LogP contribution is 2.18. The van der Waals surface area contributed by atoms with Gasteiger partial charge in [0.05, 0.1) is 0 Å². The number of amides is 1. The van der Waals surface area contributed by atoms with Crippen LogP contribution in [0.4, 0.5) is 4.79 Å². The zero-order chi connectivity index (χ0) is 11.1. The lowest BCUT2D eigenvalue weighted by atomic mass is 9.96. The standard InChI is InChI=1S/C10H20N2O3/c11-6-9(12-10(13)14)5-8-3-1-2-4-15-7-8/h8-9,12H,1-7,11H2,(H,13,14)/t8-,9-/m0/s1. The first-order valence-electron chi connectivity index (χ1n) is 5.49. The average Bonchev–Trinajstić information content (AvgIpc) is 2.44. The number of hydrogen-bond donors (Lipinski definition) is 3. The van der Waals surface area contributed by atoms with Gasteiger partial charge in [-0.25, -0.2) is 4.79 Å². The van der Waals surface area contributed by atoms with Gasteiger partial charge in [0, 0.05) is 25.8 Å². The van der Waals surface area contributed by atoms with Crippen molar-refractivity contribution in [1.29, 1.82) is 0 Å². The Morgan fingerprint density at radius 2 is 2.40 bits per heavy atom. The highest BCUT2D eigenvalue weighted by molar-refractivity contribution is 5.64. The molecule has 0 aromatic rings.